The Hall–Kier alpha value is -0.960. The highest BCUT2D eigenvalue weighted by atomic mass is 32.1. The third kappa shape index (κ3) is 2.27. The van der Waals surface area contributed by atoms with Crippen LogP contribution in [0.2, 0.25) is 0 Å². The highest BCUT2D eigenvalue weighted by molar-refractivity contribution is 7.11. The lowest BCUT2D eigenvalue weighted by Crippen LogP contribution is -1.93. The van der Waals surface area contributed by atoms with Crippen LogP contribution in [0, 0.1) is 0 Å². The molecule has 0 aliphatic carbocycles. The third-order valence-electron chi connectivity index (χ3n) is 1.28. The molecule has 1 rings (SSSR count). The lowest BCUT2D eigenvalue weighted by molar-refractivity contribution is 0.0987. The largest absolute Gasteiger partial charge is 0.293 e. The van der Waals surface area contributed by atoms with Crippen LogP contribution in [0.1, 0.15) is 22.5 Å². The number of nitrogens with zero attached hydrogens (tertiary/aromatic N) is 1. The summed E-state index contributed by atoms with van der Waals surface area (Å²) in [5.41, 5.74) is 1.67. The van der Waals surface area contributed by atoms with Gasteiger partial charge in [0.15, 0.2) is 5.78 Å². The number of thiazole rings is 1. The van der Waals surface area contributed by atoms with Crippen LogP contribution >= 0.6 is 11.3 Å². The smallest absolute Gasteiger partial charge is 0.174 e. The molecule has 1 aromatic heterocycles. The fraction of sp³-hybridized carbons (Fsp3) is 0.250. The van der Waals surface area contributed by atoms with Crippen LogP contribution < -0.4 is 0 Å². The summed E-state index contributed by atoms with van der Waals surface area (Å²) in [7, 11) is 0. The third-order valence-corrected chi connectivity index (χ3v) is 2.10. The number of carbonyl (C=O) groups excluding carboxylic acids is 1. The molecule has 0 aliphatic heterocycles. The summed E-state index contributed by atoms with van der Waals surface area (Å²) in [6, 6.07) is 0. The topological polar surface area (TPSA) is 30.0 Å². The van der Waals surface area contributed by atoms with Crippen molar-refractivity contribution in [2.24, 2.45) is 0 Å². The summed E-state index contributed by atoms with van der Waals surface area (Å²) in [5.74, 6) is 0.160. The van der Waals surface area contributed by atoms with E-state index in [0.29, 0.717) is 6.42 Å². The van der Waals surface area contributed by atoms with Crippen molar-refractivity contribution in [3.63, 3.8) is 0 Å². The Morgan fingerprint density at radius 3 is 3.18 bits per heavy atom. The molecule has 0 amide bonds. The van der Waals surface area contributed by atoms with Crippen molar-refractivity contribution in [3.8, 4) is 0 Å². The van der Waals surface area contributed by atoms with Gasteiger partial charge in [0.05, 0.1) is 10.4 Å². The molecule has 58 valence electrons. The van der Waals surface area contributed by atoms with Crippen molar-refractivity contribution in [1.82, 2.24) is 4.98 Å². The molecule has 2 nitrogen and oxygen atoms in total. The molecule has 3 heteroatoms. The van der Waals surface area contributed by atoms with E-state index in [-0.39, 0.29) is 5.78 Å². The van der Waals surface area contributed by atoms with E-state index in [2.05, 4.69) is 11.6 Å². The first kappa shape index (κ1) is 8.14. The van der Waals surface area contributed by atoms with Crippen LogP contribution in [0.4, 0.5) is 0 Å². The van der Waals surface area contributed by atoms with Crippen molar-refractivity contribution >= 4 is 17.1 Å². The number of aromatic nitrogens is 1. The van der Waals surface area contributed by atoms with Gasteiger partial charge >= 0.3 is 0 Å². The van der Waals surface area contributed by atoms with Gasteiger partial charge in [-0.05, 0) is 6.42 Å². The Morgan fingerprint density at radius 1 is 1.82 bits per heavy atom. The van der Waals surface area contributed by atoms with E-state index < -0.39 is 0 Å². The average molecular weight is 167 g/mol. The predicted octanol–water partition coefficient (Wildman–Crippen LogP) is 2.29. The van der Waals surface area contributed by atoms with Crippen molar-refractivity contribution in [2.45, 2.75) is 12.8 Å². The SMILES string of the molecule is C=CCCC(=O)c1cncs1. The number of hydrogen-bond acceptors (Lipinski definition) is 3. The first-order valence-electron chi connectivity index (χ1n) is 3.37. The summed E-state index contributed by atoms with van der Waals surface area (Å²) >= 11 is 1.39. The van der Waals surface area contributed by atoms with Gasteiger partial charge in [-0.2, -0.15) is 0 Å². The number of rotatable bonds is 4. The first-order valence-corrected chi connectivity index (χ1v) is 4.25. The summed E-state index contributed by atoms with van der Waals surface area (Å²) in [4.78, 5) is 15.8. The molecule has 0 radical (unpaired) electrons. The lowest BCUT2D eigenvalue weighted by atomic mass is 10.2. The molecule has 1 aromatic rings. The monoisotopic (exact) mass is 167 g/mol. The molecule has 1 heterocycles. The molecule has 0 saturated carbocycles. The van der Waals surface area contributed by atoms with Gasteiger partial charge in [0.1, 0.15) is 0 Å². The van der Waals surface area contributed by atoms with Crippen molar-refractivity contribution in [2.75, 3.05) is 0 Å². The second kappa shape index (κ2) is 4.03. The van der Waals surface area contributed by atoms with Crippen molar-refractivity contribution in [1.29, 1.82) is 0 Å². The average Bonchev–Trinajstić information content (AvgIpc) is 2.52. The second-order valence-electron chi connectivity index (χ2n) is 2.12. The molecule has 0 aromatic carbocycles. The number of Topliss-reactive ketones (excluding diaryl/α,β-unsaturated/α-hetero) is 1. The molecule has 0 bridgehead atoms. The van der Waals surface area contributed by atoms with E-state index in [1.165, 1.54) is 11.3 Å². The van der Waals surface area contributed by atoms with Gasteiger partial charge in [-0.1, -0.05) is 6.08 Å². The number of ketones is 1. The van der Waals surface area contributed by atoms with E-state index in [1.54, 1.807) is 17.8 Å². The quantitative estimate of drug-likeness (QED) is 0.508. The molecule has 0 fully saturated rings. The van der Waals surface area contributed by atoms with E-state index in [0.717, 1.165) is 11.3 Å². The number of carbonyl (C=O) groups is 1. The standard InChI is InChI=1S/C8H9NOS/c1-2-3-4-7(10)8-5-9-6-11-8/h2,5-6H,1,3-4H2. The summed E-state index contributed by atoms with van der Waals surface area (Å²) in [5, 5.41) is 0. The summed E-state index contributed by atoms with van der Waals surface area (Å²) in [6.07, 6.45) is 4.65. The van der Waals surface area contributed by atoms with Crippen LogP contribution in [-0.4, -0.2) is 10.8 Å². The molecule has 0 unspecified atom stereocenters. The molecule has 0 spiro atoms. The van der Waals surface area contributed by atoms with Gasteiger partial charge in [0.25, 0.3) is 0 Å². The minimum Gasteiger partial charge on any atom is -0.293 e. The van der Waals surface area contributed by atoms with Gasteiger partial charge in [0.2, 0.25) is 0 Å². The van der Waals surface area contributed by atoms with Gasteiger partial charge in [-0.3, -0.25) is 9.78 Å². The van der Waals surface area contributed by atoms with E-state index >= 15 is 0 Å². The second-order valence-corrected chi connectivity index (χ2v) is 3.00. The highest BCUT2D eigenvalue weighted by Crippen LogP contribution is 2.09. The van der Waals surface area contributed by atoms with Gasteiger partial charge in [-0.15, -0.1) is 17.9 Å². The lowest BCUT2D eigenvalue weighted by Gasteiger charge is -1.90. The minimum atomic E-state index is 0.160. The van der Waals surface area contributed by atoms with Crippen molar-refractivity contribution in [3.05, 3.63) is 29.2 Å². The first-order chi connectivity index (χ1) is 5.34. The minimum absolute atomic E-state index is 0.160. The Kier molecular flexibility index (Phi) is 2.98. The van der Waals surface area contributed by atoms with Crippen LogP contribution in [0.5, 0.6) is 0 Å². The zero-order chi connectivity index (χ0) is 8.10. The highest BCUT2D eigenvalue weighted by Gasteiger charge is 2.04. The van der Waals surface area contributed by atoms with Crippen LogP contribution in [0.25, 0.3) is 0 Å². The maximum absolute atomic E-state index is 11.2. The summed E-state index contributed by atoms with van der Waals surface area (Å²) in [6.45, 7) is 3.55. The zero-order valence-electron chi connectivity index (χ0n) is 6.12. The molecule has 11 heavy (non-hydrogen) atoms. The zero-order valence-corrected chi connectivity index (χ0v) is 6.93. The van der Waals surface area contributed by atoms with E-state index in [1.807, 2.05) is 0 Å². The summed E-state index contributed by atoms with van der Waals surface area (Å²) < 4.78 is 0. The van der Waals surface area contributed by atoms with Crippen LogP contribution in [0.15, 0.2) is 24.4 Å². The molecule has 0 saturated heterocycles. The Bertz CT molecular complexity index is 241. The molecule has 0 aliphatic rings. The predicted molar refractivity (Wildman–Crippen MR) is 45.9 cm³/mol. The molecule has 0 N–H and O–H groups in total. The van der Waals surface area contributed by atoms with Crippen molar-refractivity contribution < 1.29 is 4.79 Å². The number of allylic oxidation sites excluding steroid dienone is 1. The van der Waals surface area contributed by atoms with E-state index in [9.17, 15) is 4.79 Å². The Labute approximate surface area is 69.6 Å². The maximum atomic E-state index is 11.2. The fourth-order valence-electron chi connectivity index (χ4n) is 0.710. The fourth-order valence-corrected chi connectivity index (χ4v) is 1.30. The Balaban J connectivity index is 2.49. The molecular weight excluding hydrogens is 158 g/mol. The number of hydrogen-bond donors (Lipinski definition) is 0. The van der Waals surface area contributed by atoms with Crippen LogP contribution in [-0.2, 0) is 0 Å². The molecular formula is C8H9NOS. The molecule has 0 atom stereocenters. The Morgan fingerprint density at radius 2 is 2.64 bits per heavy atom. The van der Waals surface area contributed by atoms with E-state index in [4.69, 9.17) is 0 Å². The maximum Gasteiger partial charge on any atom is 0.174 e. The van der Waals surface area contributed by atoms with Crippen LogP contribution in [0.3, 0.4) is 0 Å². The van der Waals surface area contributed by atoms with Gasteiger partial charge < -0.3 is 0 Å². The normalized spacial score (nSPS) is 9.45. The van der Waals surface area contributed by atoms with Gasteiger partial charge in [-0.25, -0.2) is 0 Å². The van der Waals surface area contributed by atoms with Gasteiger partial charge in [0, 0.05) is 12.6 Å².